The van der Waals surface area contributed by atoms with Crippen molar-refractivity contribution in [3.63, 3.8) is 0 Å². The van der Waals surface area contributed by atoms with Gasteiger partial charge >= 0.3 is 63.3 Å². The normalized spacial score (nSPS) is 10.7. The smallest absolute Gasteiger partial charge is 0.542 e. The number of carbonyl (C=O) groups excluding carboxylic acids is 1. The van der Waals surface area contributed by atoms with Crippen LogP contribution in [-0.4, -0.2) is 34.5 Å². The van der Waals surface area contributed by atoms with Gasteiger partial charge in [-0.2, -0.15) is 6.42 Å². The van der Waals surface area contributed by atoms with Crippen molar-refractivity contribution in [2.75, 3.05) is 0 Å². The Morgan fingerprint density at radius 2 is 1.39 bits per heavy atom. The van der Waals surface area contributed by atoms with Crippen LogP contribution in [0.1, 0.15) is 77.6 Å². The van der Waals surface area contributed by atoms with Crippen LogP contribution in [0.3, 0.4) is 0 Å². The Morgan fingerprint density at radius 1 is 0.957 bits per heavy atom. The average molecular weight is 356 g/mol. The van der Waals surface area contributed by atoms with Gasteiger partial charge in [0.05, 0.1) is 6.42 Å². The van der Waals surface area contributed by atoms with Gasteiger partial charge < -0.3 is 20.7 Å². The molecule has 0 saturated heterocycles. The SMILES string of the molecule is CCCCCCCCCCC[C-]=O.NC(CC(=O)O)C(=O)O.[K+]. The molecular weight excluding hydrogens is 325 g/mol. The van der Waals surface area contributed by atoms with Crippen LogP contribution in [0.25, 0.3) is 0 Å². The first-order valence-electron chi connectivity index (χ1n) is 8.00. The van der Waals surface area contributed by atoms with Crippen LogP contribution < -0.4 is 57.1 Å². The molecule has 0 bridgehead atoms. The number of unbranched alkanes of at least 4 members (excludes halogenated alkanes) is 9. The van der Waals surface area contributed by atoms with Gasteiger partial charge in [-0.05, 0) is 0 Å². The molecular formula is C16H30KNO5. The molecule has 130 valence electrons. The first-order valence-corrected chi connectivity index (χ1v) is 8.00. The summed E-state index contributed by atoms with van der Waals surface area (Å²) in [5.74, 6) is -2.50. The summed E-state index contributed by atoms with van der Waals surface area (Å²) in [5, 5.41) is 16.0. The first-order chi connectivity index (χ1) is 10.5. The standard InChI is InChI=1S/C12H23O.C4H7NO4.K/c1-2-3-4-5-6-7-8-9-10-11-12-13;5-2(4(8)9)1-3(6)7;/h2-11H2,1H3;2H,1,5H2,(H,6,7)(H,8,9);/q-1;;+1. The number of hydrogen-bond donors (Lipinski definition) is 3. The summed E-state index contributed by atoms with van der Waals surface area (Å²) in [6, 6.07) is -1.29. The second kappa shape index (κ2) is 22.2. The van der Waals surface area contributed by atoms with E-state index in [1.54, 1.807) is 0 Å². The topological polar surface area (TPSA) is 118 Å². The van der Waals surface area contributed by atoms with Crippen molar-refractivity contribution in [2.24, 2.45) is 5.73 Å². The minimum Gasteiger partial charge on any atom is -0.542 e. The Bertz CT molecular complexity index is 300. The van der Waals surface area contributed by atoms with Gasteiger partial charge in [0, 0.05) is 0 Å². The van der Waals surface area contributed by atoms with Gasteiger partial charge in [-0.25, -0.2) is 0 Å². The van der Waals surface area contributed by atoms with Crippen molar-refractivity contribution in [1.29, 1.82) is 0 Å². The second-order valence-electron chi connectivity index (χ2n) is 5.27. The molecule has 0 amide bonds. The molecule has 0 spiro atoms. The Balaban J connectivity index is -0.000000354. The molecule has 0 fully saturated rings. The molecule has 23 heavy (non-hydrogen) atoms. The third kappa shape index (κ3) is 27.4. The van der Waals surface area contributed by atoms with Gasteiger partial charge in [-0.3, -0.25) is 15.9 Å². The molecule has 1 unspecified atom stereocenters. The predicted molar refractivity (Wildman–Crippen MR) is 85.4 cm³/mol. The summed E-state index contributed by atoms with van der Waals surface area (Å²) in [6.45, 7) is 2.25. The molecule has 0 aliphatic carbocycles. The number of nitrogens with two attached hydrogens (primary N) is 1. The summed E-state index contributed by atoms with van der Waals surface area (Å²) in [5.41, 5.74) is 4.84. The van der Waals surface area contributed by atoms with Crippen LogP contribution in [0.4, 0.5) is 0 Å². The van der Waals surface area contributed by atoms with Crippen molar-refractivity contribution in [2.45, 2.75) is 83.6 Å². The zero-order valence-electron chi connectivity index (χ0n) is 14.6. The maximum Gasteiger partial charge on any atom is 1.00 e. The van der Waals surface area contributed by atoms with Crippen LogP contribution in [0.5, 0.6) is 0 Å². The summed E-state index contributed by atoms with van der Waals surface area (Å²) >= 11 is 0. The van der Waals surface area contributed by atoms with Crippen molar-refractivity contribution in [3.8, 4) is 0 Å². The fourth-order valence-electron chi connectivity index (χ4n) is 1.78. The number of aliphatic carboxylic acids is 2. The summed E-state index contributed by atoms with van der Waals surface area (Å²) < 4.78 is 0. The number of carboxylic acids is 2. The Kier molecular flexibility index (Phi) is 27.1. The summed E-state index contributed by atoms with van der Waals surface area (Å²) in [6.07, 6.45) is 13.8. The third-order valence-electron chi connectivity index (χ3n) is 3.09. The second-order valence-corrected chi connectivity index (χ2v) is 5.27. The molecule has 7 heteroatoms. The molecule has 0 aromatic carbocycles. The van der Waals surface area contributed by atoms with E-state index in [1.165, 1.54) is 51.4 Å². The van der Waals surface area contributed by atoms with Gasteiger partial charge in [-0.1, -0.05) is 64.7 Å². The largest absolute Gasteiger partial charge is 1.00 e. The van der Waals surface area contributed by atoms with E-state index in [9.17, 15) is 14.4 Å². The molecule has 0 saturated carbocycles. The third-order valence-corrected chi connectivity index (χ3v) is 3.09. The minimum atomic E-state index is -1.29. The molecule has 0 aliphatic rings. The van der Waals surface area contributed by atoms with E-state index in [2.05, 4.69) is 6.92 Å². The van der Waals surface area contributed by atoms with Crippen molar-refractivity contribution >= 4 is 18.2 Å². The molecule has 0 aromatic rings. The zero-order chi connectivity index (χ0) is 17.2. The van der Waals surface area contributed by atoms with Crippen LogP contribution in [0.15, 0.2) is 0 Å². The molecule has 0 aromatic heterocycles. The van der Waals surface area contributed by atoms with E-state index in [4.69, 9.17) is 15.9 Å². The number of hydrogen-bond acceptors (Lipinski definition) is 4. The Morgan fingerprint density at radius 3 is 1.70 bits per heavy atom. The van der Waals surface area contributed by atoms with E-state index in [0.717, 1.165) is 6.42 Å². The van der Waals surface area contributed by atoms with Crippen molar-refractivity contribution < 1.29 is 76.0 Å². The number of carbonyl (C=O) groups is 2. The van der Waals surface area contributed by atoms with Gasteiger partial charge in [-0.15, -0.1) is 0 Å². The van der Waals surface area contributed by atoms with Crippen LogP contribution in [0.2, 0.25) is 0 Å². The zero-order valence-corrected chi connectivity index (χ0v) is 17.7. The molecule has 0 heterocycles. The minimum absolute atomic E-state index is 0. The van der Waals surface area contributed by atoms with Gasteiger partial charge in [0.1, 0.15) is 6.04 Å². The molecule has 6 nitrogen and oxygen atoms in total. The number of carboxylic acid groups (broad SMARTS) is 2. The fraction of sp³-hybridized carbons (Fsp3) is 0.812. The van der Waals surface area contributed by atoms with Crippen molar-refractivity contribution in [3.05, 3.63) is 0 Å². The van der Waals surface area contributed by atoms with Gasteiger partial charge in [0.25, 0.3) is 0 Å². The van der Waals surface area contributed by atoms with E-state index < -0.39 is 24.4 Å². The van der Waals surface area contributed by atoms with Gasteiger partial charge in [0.15, 0.2) is 0 Å². The van der Waals surface area contributed by atoms with Crippen LogP contribution in [0, 0.1) is 0 Å². The number of rotatable bonds is 13. The monoisotopic (exact) mass is 355 g/mol. The molecule has 0 rings (SSSR count). The van der Waals surface area contributed by atoms with Gasteiger partial charge in [0.2, 0.25) is 0 Å². The van der Waals surface area contributed by atoms with Crippen LogP contribution >= 0.6 is 0 Å². The molecule has 0 aliphatic heterocycles. The first kappa shape index (κ1) is 28.0. The summed E-state index contributed by atoms with van der Waals surface area (Å²) in [7, 11) is 0. The van der Waals surface area contributed by atoms with E-state index >= 15 is 0 Å². The Labute approximate surface area is 182 Å². The fourth-order valence-corrected chi connectivity index (χ4v) is 1.78. The Hall–Kier alpha value is 0.206. The molecule has 1 atom stereocenters. The maximum absolute atomic E-state index is 9.89. The molecule has 4 N–H and O–H groups in total. The predicted octanol–water partition coefficient (Wildman–Crippen LogP) is -0.106. The quantitative estimate of drug-likeness (QED) is 0.241. The van der Waals surface area contributed by atoms with Crippen LogP contribution in [-0.2, 0) is 14.4 Å². The average Bonchev–Trinajstić information content (AvgIpc) is 2.45. The maximum atomic E-state index is 9.89. The van der Waals surface area contributed by atoms with E-state index in [-0.39, 0.29) is 51.4 Å². The molecule has 0 radical (unpaired) electrons. The van der Waals surface area contributed by atoms with Crippen molar-refractivity contribution in [1.82, 2.24) is 0 Å². The van der Waals surface area contributed by atoms with E-state index in [1.807, 2.05) is 6.29 Å². The van der Waals surface area contributed by atoms with E-state index in [0.29, 0.717) is 6.42 Å². The summed E-state index contributed by atoms with van der Waals surface area (Å²) in [4.78, 5) is 29.5.